The molecule has 2 aliphatic rings. The summed E-state index contributed by atoms with van der Waals surface area (Å²) in [5.74, 6) is -0.123. The number of amides is 2. The van der Waals surface area contributed by atoms with Gasteiger partial charge in [0.05, 0.1) is 6.42 Å². The molecule has 2 aromatic rings. The van der Waals surface area contributed by atoms with Crippen LogP contribution in [0, 0.1) is 0 Å². The average molecular weight is 434 g/mol. The van der Waals surface area contributed by atoms with Gasteiger partial charge in [0.2, 0.25) is 17.8 Å². The first-order chi connectivity index (χ1) is 15.5. The van der Waals surface area contributed by atoms with Crippen LogP contribution in [0.25, 0.3) is 0 Å². The van der Waals surface area contributed by atoms with E-state index in [1.807, 2.05) is 23.1 Å². The zero-order valence-electron chi connectivity index (χ0n) is 18.1. The van der Waals surface area contributed by atoms with Gasteiger partial charge in [0, 0.05) is 44.0 Å². The topological polar surface area (TPSA) is 94.1 Å². The number of Topliss-reactive ketones (excluding diaryl/α,β-unsaturated/α-hetero) is 1. The molecule has 8 nitrogen and oxygen atoms in total. The van der Waals surface area contributed by atoms with Gasteiger partial charge in [0.15, 0.2) is 5.78 Å². The van der Waals surface area contributed by atoms with Crippen LogP contribution >= 0.6 is 0 Å². The Balaban J connectivity index is 1.36. The zero-order chi connectivity index (χ0) is 22.5. The first kappa shape index (κ1) is 21.7. The van der Waals surface area contributed by atoms with Gasteiger partial charge in [-0.3, -0.25) is 24.6 Å². The fourth-order valence-electron chi connectivity index (χ4n) is 3.86. The van der Waals surface area contributed by atoms with Crippen molar-refractivity contribution >= 4 is 29.2 Å². The third kappa shape index (κ3) is 5.39. The van der Waals surface area contributed by atoms with Gasteiger partial charge in [-0.05, 0) is 36.8 Å². The summed E-state index contributed by atoms with van der Waals surface area (Å²) in [4.78, 5) is 45.3. The Morgan fingerprint density at radius 3 is 2.38 bits per heavy atom. The first-order valence-electron chi connectivity index (χ1n) is 10.8. The molecule has 2 aliphatic heterocycles. The second-order valence-electron chi connectivity index (χ2n) is 8.09. The van der Waals surface area contributed by atoms with Crippen LogP contribution in [0.2, 0.25) is 0 Å². The monoisotopic (exact) mass is 433 g/mol. The van der Waals surface area contributed by atoms with Gasteiger partial charge in [-0.15, -0.1) is 0 Å². The van der Waals surface area contributed by atoms with Crippen LogP contribution in [0.4, 0.5) is 5.69 Å². The lowest BCUT2D eigenvalue weighted by Gasteiger charge is -2.37. The van der Waals surface area contributed by atoms with Gasteiger partial charge < -0.3 is 10.2 Å². The molecule has 4 rings (SSSR count). The lowest BCUT2D eigenvalue weighted by Crippen LogP contribution is -2.56. The number of hydrogen-bond donors (Lipinski definition) is 2. The normalized spacial score (nSPS) is 19.2. The van der Waals surface area contributed by atoms with Crippen molar-refractivity contribution in [2.75, 3.05) is 31.5 Å². The van der Waals surface area contributed by atoms with Crippen LogP contribution in [0.3, 0.4) is 0 Å². The van der Waals surface area contributed by atoms with Crippen LogP contribution in [-0.2, 0) is 16.1 Å². The summed E-state index contributed by atoms with van der Waals surface area (Å²) in [6.45, 7) is 5.54. The molecule has 1 fully saturated rings. The molecule has 0 spiro atoms. The lowest BCUT2D eigenvalue weighted by molar-refractivity contribution is -0.125. The van der Waals surface area contributed by atoms with Crippen molar-refractivity contribution in [3.8, 4) is 0 Å². The number of nitrogens with one attached hydrogen (secondary N) is 2. The Kier molecular flexibility index (Phi) is 6.61. The summed E-state index contributed by atoms with van der Waals surface area (Å²) >= 11 is 0. The molecular weight excluding hydrogens is 406 g/mol. The number of anilines is 1. The van der Waals surface area contributed by atoms with E-state index in [1.54, 1.807) is 24.3 Å². The molecule has 2 amide bonds. The van der Waals surface area contributed by atoms with Crippen molar-refractivity contribution in [2.45, 2.75) is 25.9 Å². The molecule has 2 N–H and O–H groups in total. The summed E-state index contributed by atoms with van der Waals surface area (Å²) in [6, 6.07) is 16.2. The Hall–Kier alpha value is -3.52. The van der Waals surface area contributed by atoms with Crippen molar-refractivity contribution in [2.24, 2.45) is 4.99 Å². The van der Waals surface area contributed by atoms with Crippen LogP contribution in [0.15, 0.2) is 59.6 Å². The van der Waals surface area contributed by atoms with Crippen molar-refractivity contribution in [3.05, 3.63) is 65.7 Å². The molecular formula is C24H27N5O3. The van der Waals surface area contributed by atoms with Crippen molar-refractivity contribution in [3.63, 3.8) is 0 Å². The fourth-order valence-corrected chi connectivity index (χ4v) is 3.86. The van der Waals surface area contributed by atoms with Crippen molar-refractivity contribution < 1.29 is 14.4 Å². The number of rotatable bonds is 5. The zero-order valence-corrected chi connectivity index (χ0v) is 18.1. The van der Waals surface area contributed by atoms with E-state index < -0.39 is 6.04 Å². The Labute approximate surface area is 187 Å². The highest BCUT2D eigenvalue weighted by Crippen LogP contribution is 2.15. The molecule has 0 bridgehead atoms. The van der Waals surface area contributed by atoms with E-state index in [0.717, 1.165) is 32.7 Å². The predicted molar refractivity (Wildman–Crippen MR) is 122 cm³/mol. The minimum atomic E-state index is -0.784. The summed E-state index contributed by atoms with van der Waals surface area (Å²) < 4.78 is 0. The highest BCUT2D eigenvalue weighted by atomic mass is 16.2. The van der Waals surface area contributed by atoms with Crippen molar-refractivity contribution in [1.82, 2.24) is 15.1 Å². The number of carbonyl (C=O) groups is 3. The maximum atomic E-state index is 12.7. The molecule has 1 atom stereocenters. The van der Waals surface area contributed by atoms with Gasteiger partial charge in [0.25, 0.3) is 0 Å². The summed E-state index contributed by atoms with van der Waals surface area (Å²) in [5, 5.41) is 5.61. The molecule has 2 aromatic carbocycles. The summed E-state index contributed by atoms with van der Waals surface area (Å²) in [5.41, 5.74) is 2.42. The standard InChI is InChI=1S/C24H27N5O3/c1-17(30)19-7-9-20(10-8-19)25-23(32)21-15-22(31)27-24(26-21)29-13-11-28(12-14-29)16-18-5-3-2-4-6-18/h2-10,21H,11-16H2,1H3,(H,25,32)(H,26,27,31). The molecule has 0 aliphatic carbocycles. The minimum absolute atomic E-state index is 0.00876. The number of hydrogen-bond acceptors (Lipinski definition) is 6. The van der Waals surface area contributed by atoms with E-state index in [0.29, 0.717) is 17.2 Å². The highest BCUT2D eigenvalue weighted by molar-refractivity contribution is 6.06. The van der Waals surface area contributed by atoms with E-state index in [9.17, 15) is 14.4 Å². The number of benzene rings is 2. The smallest absolute Gasteiger partial charge is 0.249 e. The first-order valence-corrected chi connectivity index (χ1v) is 10.8. The summed E-state index contributed by atoms with van der Waals surface area (Å²) in [7, 11) is 0. The molecule has 2 heterocycles. The maximum Gasteiger partial charge on any atom is 0.249 e. The van der Waals surface area contributed by atoms with Crippen LogP contribution < -0.4 is 10.6 Å². The molecule has 166 valence electrons. The molecule has 0 radical (unpaired) electrons. The SMILES string of the molecule is CC(=O)c1ccc(NC(=O)C2CC(=O)NC(N3CCN(Cc4ccccc4)CC3)=N2)cc1. The van der Waals surface area contributed by atoms with Crippen LogP contribution in [0.1, 0.15) is 29.3 Å². The largest absolute Gasteiger partial charge is 0.340 e. The highest BCUT2D eigenvalue weighted by Gasteiger charge is 2.30. The third-order valence-corrected chi connectivity index (χ3v) is 5.69. The number of nitrogens with zero attached hydrogens (tertiary/aromatic N) is 3. The minimum Gasteiger partial charge on any atom is -0.340 e. The van der Waals surface area contributed by atoms with Crippen LogP contribution in [-0.4, -0.2) is 65.6 Å². The van der Waals surface area contributed by atoms with E-state index in [4.69, 9.17) is 0 Å². The van der Waals surface area contributed by atoms with Gasteiger partial charge in [-0.1, -0.05) is 30.3 Å². The van der Waals surface area contributed by atoms with Gasteiger partial charge in [0.1, 0.15) is 6.04 Å². The number of carbonyl (C=O) groups excluding carboxylic acids is 3. The number of guanidine groups is 1. The second-order valence-corrected chi connectivity index (χ2v) is 8.09. The Morgan fingerprint density at radius 1 is 1.03 bits per heavy atom. The number of aliphatic imine (C=N–C) groups is 1. The van der Waals surface area contributed by atoms with E-state index in [-0.39, 0.29) is 24.0 Å². The van der Waals surface area contributed by atoms with E-state index in [2.05, 4.69) is 32.7 Å². The molecule has 1 saturated heterocycles. The third-order valence-electron chi connectivity index (χ3n) is 5.69. The fraction of sp³-hybridized carbons (Fsp3) is 0.333. The average Bonchev–Trinajstić information content (AvgIpc) is 2.80. The van der Waals surface area contributed by atoms with Crippen LogP contribution in [0.5, 0.6) is 0 Å². The van der Waals surface area contributed by atoms with E-state index in [1.165, 1.54) is 12.5 Å². The van der Waals surface area contributed by atoms with Crippen molar-refractivity contribution in [1.29, 1.82) is 0 Å². The molecule has 0 aromatic heterocycles. The Bertz CT molecular complexity index is 1010. The second kappa shape index (κ2) is 9.74. The molecule has 32 heavy (non-hydrogen) atoms. The van der Waals surface area contributed by atoms with E-state index >= 15 is 0 Å². The molecule has 1 unspecified atom stereocenters. The summed E-state index contributed by atoms with van der Waals surface area (Å²) in [6.07, 6.45) is 0.00876. The predicted octanol–water partition coefficient (Wildman–Crippen LogP) is 1.89. The lowest BCUT2D eigenvalue weighted by atomic mass is 10.1. The molecule has 0 saturated carbocycles. The van der Waals surface area contributed by atoms with Gasteiger partial charge in [-0.25, -0.2) is 4.99 Å². The van der Waals surface area contributed by atoms with Gasteiger partial charge >= 0.3 is 0 Å². The maximum absolute atomic E-state index is 12.7. The number of piperazine rings is 1. The quantitative estimate of drug-likeness (QED) is 0.703. The van der Waals surface area contributed by atoms with Gasteiger partial charge in [-0.2, -0.15) is 0 Å². The Morgan fingerprint density at radius 2 is 1.72 bits per heavy atom. The number of ketones is 1. The molecule has 8 heteroatoms.